The highest BCUT2D eigenvalue weighted by molar-refractivity contribution is 7.99. The summed E-state index contributed by atoms with van der Waals surface area (Å²) in [6.45, 7) is 1.47. The topological polar surface area (TPSA) is 69.6 Å². The first kappa shape index (κ1) is 16.5. The van der Waals surface area contributed by atoms with E-state index in [2.05, 4.69) is 11.6 Å². The first-order chi connectivity index (χ1) is 10.1. The third-order valence-corrected chi connectivity index (χ3v) is 5.81. The summed E-state index contributed by atoms with van der Waals surface area (Å²) < 4.78 is 0. The van der Waals surface area contributed by atoms with Gasteiger partial charge in [-0.2, -0.15) is 11.8 Å². The SMILES string of the molecule is CSC1CCC(NC(=O)N2CCC(CCC(=O)O)C2)CC1. The van der Waals surface area contributed by atoms with Crippen molar-refractivity contribution < 1.29 is 14.7 Å². The molecule has 2 fully saturated rings. The lowest BCUT2D eigenvalue weighted by molar-refractivity contribution is -0.137. The van der Waals surface area contributed by atoms with Crippen molar-refractivity contribution in [2.45, 2.75) is 56.2 Å². The van der Waals surface area contributed by atoms with Gasteiger partial charge in [-0.1, -0.05) is 0 Å². The van der Waals surface area contributed by atoms with Gasteiger partial charge in [0.05, 0.1) is 0 Å². The molecule has 0 bridgehead atoms. The fraction of sp³-hybridized carbons (Fsp3) is 0.867. The predicted molar refractivity (Wildman–Crippen MR) is 84.6 cm³/mol. The van der Waals surface area contributed by atoms with E-state index in [1.807, 2.05) is 16.7 Å². The Labute approximate surface area is 130 Å². The number of carbonyl (C=O) groups excluding carboxylic acids is 1. The van der Waals surface area contributed by atoms with Crippen LogP contribution in [0.4, 0.5) is 4.79 Å². The highest BCUT2D eigenvalue weighted by Gasteiger charge is 2.29. The van der Waals surface area contributed by atoms with Crippen LogP contribution in [0.3, 0.4) is 0 Å². The van der Waals surface area contributed by atoms with Gasteiger partial charge >= 0.3 is 12.0 Å². The van der Waals surface area contributed by atoms with Gasteiger partial charge in [-0.05, 0) is 50.7 Å². The van der Waals surface area contributed by atoms with Crippen LogP contribution in [0.25, 0.3) is 0 Å². The summed E-state index contributed by atoms with van der Waals surface area (Å²) in [7, 11) is 0. The van der Waals surface area contributed by atoms with E-state index in [1.54, 1.807) is 0 Å². The number of amides is 2. The van der Waals surface area contributed by atoms with Crippen molar-refractivity contribution in [1.29, 1.82) is 0 Å². The number of rotatable bonds is 5. The van der Waals surface area contributed by atoms with Gasteiger partial charge in [0, 0.05) is 30.8 Å². The average Bonchev–Trinajstić information content (AvgIpc) is 2.95. The number of hydrogen-bond donors (Lipinski definition) is 2. The number of likely N-dealkylation sites (tertiary alicyclic amines) is 1. The van der Waals surface area contributed by atoms with E-state index in [9.17, 15) is 9.59 Å². The maximum atomic E-state index is 12.2. The quantitative estimate of drug-likeness (QED) is 0.818. The number of carboxylic acid groups (broad SMARTS) is 1. The van der Waals surface area contributed by atoms with E-state index >= 15 is 0 Å². The molecule has 1 atom stereocenters. The van der Waals surface area contributed by atoms with Gasteiger partial charge in [-0.15, -0.1) is 0 Å². The predicted octanol–water partition coefficient (Wildman–Crippen LogP) is 2.56. The van der Waals surface area contributed by atoms with Gasteiger partial charge in [-0.3, -0.25) is 4.79 Å². The fourth-order valence-electron chi connectivity index (χ4n) is 3.29. The molecule has 1 heterocycles. The molecule has 1 aliphatic heterocycles. The van der Waals surface area contributed by atoms with Crippen molar-refractivity contribution in [2.24, 2.45) is 5.92 Å². The molecule has 21 heavy (non-hydrogen) atoms. The first-order valence-corrected chi connectivity index (χ1v) is 9.17. The minimum Gasteiger partial charge on any atom is -0.481 e. The van der Waals surface area contributed by atoms with Crippen molar-refractivity contribution in [1.82, 2.24) is 10.2 Å². The van der Waals surface area contributed by atoms with Crippen LogP contribution in [0.15, 0.2) is 0 Å². The second-order valence-corrected chi connectivity index (χ2v) is 7.33. The number of thioether (sulfide) groups is 1. The molecule has 0 spiro atoms. The first-order valence-electron chi connectivity index (χ1n) is 7.88. The molecule has 0 aromatic carbocycles. The standard InChI is InChI=1S/C15H26N2O3S/c1-21-13-5-3-12(4-6-13)16-15(20)17-9-8-11(10-17)2-7-14(18)19/h11-13H,2-10H2,1H3,(H,16,20)(H,18,19). The Kier molecular flexibility index (Phi) is 6.21. The zero-order chi connectivity index (χ0) is 15.2. The molecule has 1 unspecified atom stereocenters. The maximum absolute atomic E-state index is 12.2. The Morgan fingerprint density at radius 3 is 2.57 bits per heavy atom. The second kappa shape index (κ2) is 7.92. The molecular formula is C15H26N2O3S. The number of hydrogen-bond acceptors (Lipinski definition) is 3. The lowest BCUT2D eigenvalue weighted by Gasteiger charge is -2.29. The second-order valence-electron chi connectivity index (χ2n) is 6.19. The molecule has 1 saturated heterocycles. The van der Waals surface area contributed by atoms with Gasteiger partial charge < -0.3 is 15.3 Å². The Morgan fingerprint density at radius 1 is 1.24 bits per heavy atom. The minimum atomic E-state index is -0.747. The van der Waals surface area contributed by atoms with Crippen molar-refractivity contribution in [2.75, 3.05) is 19.3 Å². The monoisotopic (exact) mass is 314 g/mol. The molecular weight excluding hydrogens is 288 g/mol. The summed E-state index contributed by atoms with van der Waals surface area (Å²) in [5.41, 5.74) is 0. The van der Waals surface area contributed by atoms with Gasteiger partial charge in [0.1, 0.15) is 0 Å². The van der Waals surface area contributed by atoms with Crippen LogP contribution in [0.1, 0.15) is 44.9 Å². The number of aliphatic carboxylic acids is 1. The van der Waals surface area contributed by atoms with E-state index < -0.39 is 5.97 Å². The van der Waals surface area contributed by atoms with Gasteiger partial charge in [0.25, 0.3) is 0 Å². The summed E-state index contributed by atoms with van der Waals surface area (Å²) in [5.74, 6) is -0.400. The molecule has 0 radical (unpaired) electrons. The summed E-state index contributed by atoms with van der Waals surface area (Å²) >= 11 is 1.93. The number of carboxylic acids is 1. The normalized spacial score (nSPS) is 29.4. The Balaban J connectivity index is 1.68. The van der Waals surface area contributed by atoms with Crippen LogP contribution >= 0.6 is 11.8 Å². The van der Waals surface area contributed by atoms with Crippen molar-refractivity contribution in [3.05, 3.63) is 0 Å². The van der Waals surface area contributed by atoms with Gasteiger partial charge in [0.2, 0.25) is 0 Å². The van der Waals surface area contributed by atoms with Crippen LogP contribution in [0, 0.1) is 5.92 Å². The smallest absolute Gasteiger partial charge is 0.317 e. The maximum Gasteiger partial charge on any atom is 0.317 e. The molecule has 0 aromatic rings. The Morgan fingerprint density at radius 2 is 1.95 bits per heavy atom. The summed E-state index contributed by atoms with van der Waals surface area (Å²) in [4.78, 5) is 24.7. The van der Waals surface area contributed by atoms with Gasteiger partial charge in [0.15, 0.2) is 0 Å². The molecule has 120 valence electrons. The van der Waals surface area contributed by atoms with Crippen LogP contribution in [0.2, 0.25) is 0 Å². The van der Waals surface area contributed by atoms with Crippen molar-refractivity contribution in [3.8, 4) is 0 Å². The minimum absolute atomic E-state index is 0.0421. The van der Waals surface area contributed by atoms with Crippen LogP contribution in [-0.4, -0.2) is 52.6 Å². The summed E-state index contributed by atoms with van der Waals surface area (Å²) in [6, 6.07) is 0.361. The highest BCUT2D eigenvalue weighted by Crippen LogP contribution is 2.27. The highest BCUT2D eigenvalue weighted by atomic mass is 32.2. The molecule has 2 aliphatic rings. The van der Waals surface area contributed by atoms with E-state index in [0.29, 0.717) is 24.9 Å². The summed E-state index contributed by atoms with van der Waals surface area (Å²) in [6.07, 6.45) is 8.50. The molecule has 6 heteroatoms. The van der Waals surface area contributed by atoms with Crippen molar-refractivity contribution >= 4 is 23.8 Å². The third-order valence-electron chi connectivity index (χ3n) is 4.67. The number of urea groups is 1. The molecule has 2 N–H and O–H groups in total. The molecule has 2 amide bonds. The fourth-order valence-corrected chi connectivity index (χ4v) is 4.03. The van der Waals surface area contributed by atoms with E-state index in [1.165, 1.54) is 12.8 Å². The number of carbonyl (C=O) groups is 2. The molecule has 5 nitrogen and oxygen atoms in total. The summed E-state index contributed by atoms with van der Waals surface area (Å²) in [5, 5.41) is 12.6. The molecule has 1 saturated carbocycles. The Bertz CT molecular complexity index is 370. The zero-order valence-corrected chi connectivity index (χ0v) is 13.5. The average molecular weight is 314 g/mol. The van der Waals surface area contributed by atoms with Crippen LogP contribution < -0.4 is 5.32 Å². The number of nitrogens with zero attached hydrogens (tertiary/aromatic N) is 1. The zero-order valence-electron chi connectivity index (χ0n) is 12.7. The van der Waals surface area contributed by atoms with Crippen LogP contribution in [-0.2, 0) is 4.79 Å². The molecule has 0 aromatic heterocycles. The molecule has 1 aliphatic carbocycles. The largest absolute Gasteiger partial charge is 0.481 e. The lowest BCUT2D eigenvalue weighted by Crippen LogP contribution is -2.45. The van der Waals surface area contributed by atoms with Gasteiger partial charge in [-0.25, -0.2) is 4.79 Å². The van der Waals surface area contributed by atoms with Crippen molar-refractivity contribution in [3.63, 3.8) is 0 Å². The third kappa shape index (κ3) is 5.09. The number of nitrogens with one attached hydrogen (secondary N) is 1. The van der Waals surface area contributed by atoms with E-state index in [4.69, 9.17) is 5.11 Å². The lowest BCUT2D eigenvalue weighted by atomic mass is 9.95. The van der Waals surface area contributed by atoms with E-state index in [-0.39, 0.29) is 12.5 Å². The van der Waals surface area contributed by atoms with E-state index in [0.717, 1.165) is 31.1 Å². The van der Waals surface area contributed by atoms with Crippen LogP contribution in [0.5, 0.6) is 0 Å². The Hall–Kier alpha value is -0.910. The molecule has 2 rings (SSSR count).